The van der Waals surface area contributed by atoms with E-state index in [-0.39, 0.29) is 17.9 Å². The molecule has 110 valence electrons. The lowest BCUT2D eigenvalue weighted by Gasteiger charge is -2.39. The second-order valence-electron chi connectivity index (χ2n) is 5.22. The topological polar surface area (TPSA) is 72.1 Å². The number of nitrogens with two attached hydrogens (primary N) is 1. The van der Waals surface area contributed by atoms with Crippen LogP contribution in [-0.4, -0.2) is 21.5 Å². The Hall–Kier alpha value is -1.66. The maximum Gasteiger partial charge on any atom is 0.225 e. The molecule has 2 atom stereocenters. The average Bonchev–Trinajstić information content (AvgIpc) is 2.86. The van der Waals surface area contributed by atoms with Crippen molar-refractivity contribution in [3.05, 3.63) is 39.9 Å². The smallest absolute Gasteiger partial charge is 0.225 e. The van der Waals surface area contributed by atoms with E-state index in [0.717, 1.165) is 16.9 Å². The van der Waals surface area contributed by atoms with Gasteiger partial charge in [-0.25, -0.2) is 0 Å². The van der Waals surface area contributed by atoms with Crippen molar-refractivity contribution >= 4 is 34.7 Å². The number of aromatic nitrogens is 2. The fourth-order valence-corrected chi connectivity index (χ4v) is 3.45. The summed E-state index contributed by atoms with van der Waals surface area (Å²) in [6.07, 6.45) is 0.696. The number of benzene rings is 1. The van der Waals surface area contributed by atoms with Crippen molar-refractivity contribution < 1.29 is 4.79 Å². The van der Waals surface area contributed by atoms with E-state index >= 15 is 0 Å². The molecule has 2 aromatic rings. The molecule has 2 heterocycles. The molecule has 2 N–H and O–H groups in total. The molecular weight excluding hydrogens is 308 g/mol. The molecule has 1 aliphatic heterocycles. The van der Waals surface area contributed by atoms with Gasteiger partial charge in [0.15, 0.2) is 0 Å². The lowest BCUT2D eigenvalue weighted by molar-refractivity contribution is -0.119. The van der Waals surface area contributed by atoms with Gasteiger partial charge >= 0.3 is 0 Å². The quantitative estimate of drug-likeness (QED) is 0.942. The molecule has 5 nitrogen and oxygen atoms in total. The van der Waals surface area contributed by atoms with Gasteiger partial charge in [-0.15, -0.1) is 5.10 Å². The molecule has 1 aromatic heterocycles. The summed E-state index contributed by atoms with van der Waals surface area (Å²) < 4.78 is 4.48. The number of primary amides is 1. The van der Waals surface area contributed by atoms with E-state index in [1.165, 1.54) is 11.5 Å². The van der Waals surface area contributed by atoms with E-state index in [0.29, 0.717) is 17.3 Å². The Morgan fingerprint density at radius 1 is 1.52 bits per heavy atom. The van der Waals surface area contributed by atoms with E-state index in [2.05, 4.69) is 21.4 Å². The van der Waals surface area contributed by atoms with Crippen LogP contribution in [0.15, 0.2) is 24.3 Å². The molecule has 0 aliphatic carbocycles. The zero-order chi connectivity index (χ0) is 15.0. The first-order chi connectivity index (χ1) is 10.1. The number of hydrogen-bond acceptors (Lipinski definition) is 5. The number of halogens is 1. The summed E-state index contributed by atoms with van der Waals surface area (Å²) in [7, 11) is 0. The number of carbonyl (C=O) groups excluding carboxylic acids is 1. The summed E-state index contributed by atoms with van der Waals surface area (Å²) >= 11 is 7.29. The maximum atomic E-state index is 11.7. The molecule has 0 saturated heterocycles. The van der Waals surface area contributed by atoms with Crippen molar-refractivity contribution in [2.75, 3.05) is 4.90 Å². The van der Waals surface area contributed by atoms with Gasteiger partial charge in [0.1, 0.15) is 10.0 Å². The largest absolute Gasteiger partial charge is 0.369 e. The highest BCUT2D eigenvalue weighted by molar-refractivity contribution is 7.10. The lowest BCUT2D eigenvalue weighted by atomic mass is 9.85. The molecule has 21 heavy (non-hydrogen) atoms. The number of nitrogens with zero attached hydrogens (tertiary/aromatic N) is 3. The van der Waals surface area contributed by atoms with Gasteiger partial charge in [0.2, 0.25) is 5.91 Å². The Bertz CT molecular complexity index is 674. The fraction of sp³-hybridized carbons (Fsp3) is 0.357. The summed E-state index contributed by atoms with van der Waals surface area (Å²) in [4.78, 5) is 13.9. The van der Waals surface area contributed by atoms with Crippen LogP contribution in [0.2, 0.25) is 4.34 Å². The van der Waals surface area contributed by atoms with Crippen LogP contribution in [-0.2, 0) is 11.3 Å². The van der Waals surface area contributed by atoms with Crippen molar-refractivity contribution in [3.63, 3.8) is 0 Å². The van der Waals surface area contributed by atoms with Crippen LogP contribution in [0.3, 0.4) is 0 Å². The van der Waals surface area contributed by atoms with Gasteiger partial charge in [-0.1, -0.05) is 34.3 Å². The molecular formula is C14H15ClN4OS. The first-order valence-electron chi connectivity index (χ1n) is 6.69. The minimum absolute atomic E-state index is 0.176. The van der Waals surface area contributed by atoms with Crippen LogP contribution < -0.4 is 10.6 Å². The molecule has 3 rings (SSSR count). The van der Waals surface area contributed by atoms with Crippen LogP contribution in [0.5, 0.6) is 0 Å². The number of carbonyl (C=O) groups is 1. The predicted molar refractivity (Wildman–Crippen MR) is 83.6 cm³/mol. The van der Waals surface area contributed by atoms with E-state index in [1.807, 2.05) is 24.3 Å². The average molecular weight is 323 g/mol. The Labute approximate surface area is 131 Å². The molecule has 1 aromatic carbocycles. The van der Waals surface area contributed by atoms with Gasteiger partial charge < -0.3 is 10.6 Å². The van der Waals surface area contributed by atoms with Gasteiger partial charge in [0.05, 0.1) is 12.5 Å². The first kappa shape index (κ1) is 14.3. The number of para-hydroxylation sites is 1. The van der Waals surface area contributed by atoms with Crippen LogP contribution >= 0.6 is 23.1 Å². The molecule has 0 bridgehead atoms. The zero-order valence-electron chi connectivity index (χ0n) is 11.5. The van der Waals surface area contributed by atoms with Gasteiger partial charge in [-0.2, -0.15) is 0 Å². The molecule has 0 spiro atoms. The minimum Gasteiger partial charge on any atom is -0.369 e. The second kappa shape index (κ2) is 5.61. The highest BCUT2D eigenvalue weighted by atomic mass is 35.5. The van der Waals surface area contributed by atoms with Gasteiger partial charge in [-0.3, -0.25) is 4.79 Å². The van der Waals surface area contributed by atoms with Crippen LogP contribution in [0.1, 0.15) is 30.5 Å². The van der Waals surface area contributed by atoms with Crippen molar-refractivity contribution in [2.24, 2.45) is 5.73 Å². The molecule has 7 heteroatoms. The van der Waals surface area contributed by atoms with Crippen LogP contribution in [0.4, 0.5) is 5.69 Å². The van der Waals surface area contributed by atoms with Gasteiger partial charge in [0, 0.05) is 23.3 Å². The van der Waals surface area contributed by atoms with Gasteiger partial charge in [0.25, 0.3) is 0 Å². The maximum absolute atomic E-state index is 11.7. The summed E-state index contributed by atoms with van der Waals surface area (Å²) in [5, 5.41) is 4.07. The third-order valence-corrected chi connectivity index (χ3v) is 4.89. The number of fused-ring (bicyclic) bond motifs is 1. The Morgan fingerprint density at radius 2 is 2.29 bits per heavy atom. The monoisotopic (exact) mass is 322 g/mol. The molecule has 0 radical (unpaired) electrons. The van der Waals surface area contributed by atoms with E-state index < -0.39 is 0 Å². The van der Waals surface area contributed by atoms with Crippen molar-refractivity contribution in [2.45, 2.75) is 31.8 Å². The highest BCUT2D eigenvalue weighted by Crippen LogP contribution is 2.39. The lowest BCUT2D eigenvalue weighted by Crippen LogP contribution is -2.41. The Morgan fingerprint density at radius 3 is 2.95 bits per heavy atom. The number of anilines is 1. The molecule has 0 unspecified atom stereocenters. The summed E-state index contributed by atoms with van der Waals surface area (Å²) in [6, 6.07) is 8.04. The first-order valence-corrected chi connectivity index (χ1v) is 7.84. The van der Waals surface area contributed by atoms with Crippen LogP contribution in [0, 0.1) is 0 Å². The minimum atomic E-state index is -0.276. The predicted octanol–water partition coefficient (Wildman–Crippen LogP) is 2.56. The molecule has 1 amide bonds. The zero-order valence-corrected chi connectivity index (χ0v) is 13.1. The standard InChI is InChI=1S/C14H15ClN4OS/c1-8-6-10(14(16)20)9-4-2-3-5-12(9)19(8)7-11-13(15)21-18-17-11/h2-5,8,10H,6-7H2,1H3,(H2,16,20)/t8-,10-/m0/s1. The van der Waals surface area contributed by atoms with Crippen molar-refractivity contribution in [3.8, 4) is 0 Å². The van der Waals surface area contributed by atoms with Gasteiger partial charge in [-0.05, 0) is 25.0 Å². The molecule has 1 aliphatic rings. The fourth-order valence-electron chi connectivity index (χ4n) is 2.84. The summed E-state index contributed by atoms with van der Waals surface area (Å²) in [6.45, 7) is 2.67. The van der Waals surface area contributed by atoms with Crippen LogP contribution in [0.25, 0.3) is 0 Å². The molecule has 0 saturated carbocycles. The number of rotatable bonds is 3. The van der Waals surface area contributed by atoms with E-state index in [4.69, 9.17) is 17.3 Å². The SMILES string of the molecule is C[C@H]1C[C@H](C(N)=O)c2ccccc2N1Cc1nnsc1Cl. The summed E-state index contributed by atoms with van der Waals surface area (Å²) in [5.74, 6) is -0.515. The Kier molecular flexibility index (Phi) is 3.82. The molecule has 0 fully saturated rings. The normalized spacial score (nSPS) is 21.1. The van der Waals surface area contributed by atoms with E-state index in [1.54, 1.807) is 0 Å². The summed E-state index contributed by atoms with van der Waals surface area (Å²) in [5.41, 5.74) is 8.31. The highest BCUT2D eigenvalue weighted by Gasteiger charge is 2.33. The van der Waals surface area contributed by atoms with Crippen molar-refractivity contribution in [1.29, 1.82) is 0 Å². The third-order valence-electron chi connectivity index (χ3n) is 3.90. The van der Waals surface area contributed by atoms with Crippen molar-refractivity contribution in [1.82, 2.24) is 9.59 Å². The second-order valence-corrected chi connectivity index (χ2v) is 6.58. The van der Waals surface area contributed by atoms with E-state index in [9.17, 15) is 4.79 Å². The number of amides is 1. The third kappa shape index (κ3) is 2.61. The Balaban J connectivity index is 1.99. The number of hydrogen-bond donors (Lipinski definition) is 1.